The van der Waals surface area contributed by atoms with Crippen LogP contribution in [-0.2, 0) is 0 Å². The van der Waals surface area contributed by atoms with Crippen LogP contribution in [0.2, 0.25) is 0 Å². The van der Waals surface area contributed by atoms with E-state index in [2.05, 4.69) is 31.0 Å². The number of urea groups is 1. The van der Waals surface area contributed by atoms with Crippen molar-refractivity contribution in [3.05, 3.63) is 48.5 Å². The van der Waals surface area contributed by atoms with Crippen molar-refractivity contribution < 1.29 is 14.3 Å². The van der Waals surface area contributed by atoms with Crippen LogP contribution in [0.1, 0.15) is 5.69 Å². The van der Waals surface area contributed by atoms with Crippen LogP contribution in [0.4, 0.5) is 16.3 Å². The summed E-state index contributed by atoms with van der Waals surface area (Å²) in [5.74, 6) is 2.48. The van der Waals surface area contributed by atoms with Gasteiger partial charge in [0.1, 0.15) is 23.6 Å². The van der Waals surface area contributed by atoms with Crippen LogP contribution in [-0.4, -0.2) is 53.1 Å². The van der Waals surface area contributed by atoms with Gasteiger partial charge in [0.05, 0.1) is 19.9 Å². The summed E-state index contributed by atoms with van der Waals surface area (Å²) in [7, 11) is 3.10. The third-order valence-electron chi connectivity index (χ3n) is 3.94. The smallest absolute Gasteiger partial charge is 0.319 e. The van der Waals surface area contributed by atoms with Gasteiger partial charge in [-0.3, -0.25) is 0 Å². The van der Waals surface area contributed by atoms with Crippen LogP contribution in [0.25, 0.3) is 5.82 Å². The van der Waals surface area contributed by atoms with Crippen LogP contribution >= 0.6 is 0 Å². The number of benzene rings is 1. The highest BCUT2D eigenvalue weighted by Gasteiger charge is 2.06. The number of nitrogens with one attached hydrogen (secondary N) is 3. The molecule has 0 unspecified atom stereocenters. The predicted molar refractivity (Wildman–Crippen MR) is 109 cm³/mol. The lowest BCUT2D eigenvalue weighted by atomic mass is 10.3. The van der Waals surface area contributed by atoms with Crippen molar-refractivity contribution in [2.75, 3.05) is 37.9 Å². The molecule has 3 N–H and O–H groups in total. The fraction of sp³-hybridized carbons (Fsp3) is 0.263. The Kier molecular flexibility index (Phi) is 6.46. The quantitative estimate of drug-likeness (QED) is 0.499. The van der Waals surface area contributed by atoms with Crippen molar-refractivity contribution in [1.82, 2.24) is 25.1 Å². The van der Waals surface area contributed by atoms with Gasteiger partial charge in [0.25, 0.3) is 0 Å². The van der Waals surface area contributed by atoms with Crippen molar-refractivity contribution >= 4 is 17.5 Å². The van der Waals surface area contributed by atoms with Gasteiger partial charge in [-0.15, -0.1) is 0 Å². The Labute approximate surface area is 168 Å². The molecule has 0 saturated heterocycles. The molecule has 2 aromatic heterocycles. The molecule has 2 amide bonds. The zero-order chi connectivity index (χ0) is 20.6. The first-order chi connectivity index (χ1) is 14.1. The lowest BCUT2D eigenvalue weighted by Gasteiger charge is -2.11. The van der Waals surface area contributed by atoms with Gasteiger partial charge in [-0.1, -0.05) is 0 Å². The minimum Gasteiger partial charge on any atom is -0.497 e. The molecule has 1 aromatic carbocycles. The fourth-order valence-corrected chi connectivity index (χ4v) is 2.53. The summed E-state index contributed by atoms with van der Waals surface area (Å²) in [6.07, 6.45) is 3.30. The molecule has 0 saturated carbocycles. The van der Waals surface area contributed by atoms with Crippen LogP contribution in [0.5, 0.6) is 11.5 Å². The topological polar surface area (TPSA) is 115 Å². The molecule has 0 aliphatic carbocycles. The van der Waals surface area contributed by atoms with Gasteiger partial charge in [-0.25, -0.2) is 19.4 Å². The molecule has 10 nitrogen and oxygen atoms in total. The van der Waals surface area contributed by atoms with Gasteiger partial charge in [0.2, 0.25) is 0 Å². The van der Waals surface area contributed by atoms with E-state index in [0.29, 0.717) is 41.9 Å². The van der Waals surface area contributed by atoms with Crippen molar-refractivity contribution in [2.45, 2.75) is 6.92 Å². The minimum absolute atomic E-state index is 0.336. The van der Waals surface area contributed by atoms with E-state index < -0.39 is 0 Å². The molecule has 0 bridgehead atoms. The third kappa shape index (κ3) is 5.58. The van der Waals surface area contributed by atoms with E-state index in [1.807, 2.05) is 19.2 Å². The van der Waals surface area contributed by atoms with E-state index in [0.717, 1.165) is 5.69 Å². The molecule has 0 aliphatic rings. The molecular weight excluding hydrogens is 374 g/mol. The summed E-state index contributed by atoms with van der Waals surface area (Å²) < 4.78 is 12.1. The second-order valence-electron chi connectivity index (χ2n) is 6.07. The van der Waals surface area contributed by atoms with Crippen LogP contribution < -0.4 is 25.4 Å². The third-order valence-corrected chi connectivity index (χ3v) is 3.94. The zero-order valence-electron chi connectivity index (χ0n) is 16.5. The Morgan fingerprint density at radius 2 is 1.83 bits per heavy atom. The zero-order valence-corrected chi connectivity index (χ0v) is 16.5. The molecule has 29 heavy (non-hydrogen) atoms. The molecule has 2 heterocycles. The van der Waals surface area contributed by atoms with Gasteiger partial charge < -0.3 is 25.4 Å². The number of hydrogen-bond donors (Lipinski definition) is 3. The summed E-state index contributed by atoms with van der Waals surface area (Å²) in [4.78, 5) is 20.5. The molecule has 152 valence electrons. The number of methoxy groups -OCH3 is 2. The van der Waals surface area contributed by atoms with E-state index in [4.69, 9.17) is 9.47 Å². The summed E-state index contributed by atoms with van der Waals surface area (Å²) in [6, 6.07) is 8.50. The van der Waals surface area contributed by atoms with E-state index in [-0.39, 0.29) is 6.03 Å². The normalized spacial score (nSPS) is 10.3. The molecule has 0 aliphatic heterocycles. The first-order valence-electron chi connectivity index (χ1n) is 8.94. The highest BCUT2D eigenvalue weighted by molar-refractivity contribution is 5.89. The number of ether oxygens (including phenoxy) is 2. The van der Waals surface area contributed by atoms with E-state index in [9.17, 15) is 4.79 Å². The number of anilines is 2. The fourth-order valence-electron chi connectivity index (χ4n) is 2.53. The number of amides is 2. The second-order valence-corrected chi connectivity index (χ2v) is 6.07. The van der Waals surface area contributed by atoms with Gasteiger partial charge in [0, 0.05) is 49.2 Å². The first-order valence-corrected chi connectivity index (χ1v) is 8.94. The molecular formula is C19H23N7O3. The molecule has 10 heteroatoms. The second kappa shape index (κ2) is 9.40. The van der Waals surface area contributed by atoms with Gasteiger partial charge in [0.15, 0.2) is 5.82 Å². The van der Waals surface area contributed by atoms with Gasteiger partial charge in [-0.2, -0.15) is 5.10 Å². The van der Waals surface area contributed by atoms with Crippen LogP contribution in [0, 0.1) is 6.92 Å². The van der Waals surface area contributed by atoms with Gasteiger partial charge in [-0.05, 0) is 13.0 Å². The minimum atomic E-state index is -0.336. The first kappa shape index (κ1) is 19.9. The van der Waals surface area contributed by atoms with Crippen LogP contribution in [0.3, 0.4) is 0 Å². The Morgan fingerprint density at radius 1 is 1.07 bits per heavy atom. The van der Waals surface area contributed by atoms with E-state index >= 15 is 0 Å². The molecule has 0 fully saturated rings. The Balaban J connectivity index is 1.48. The highest BCUT2D eigenvalue weighted by atomic mass is 16.5. The largest absolute Gasteiger partial charge is 0.497 e. The van der Waals surface area contributed by atoms with Crippen molar-refractivity contribution in [1.29, 1.82) is 0 Å². The number of aryl methyl sites for hydroxylation is 1. The Morgan fingerprint density at radius 3 is 2.48 bits per heavy atom. The average molecular weight is 397 g/mol. The SMILES string of the molecule is COc1cc(NC(=O)NCCNc2cc(-n3ccc(C)n3)ncn2)cc(OC)c1. The molecule has 0 atom stereocenters. The van der Waals surface area contributed by atoms with Crippen molar-refractivity contribution in [3.63, 3.8) is 0 Å². The summed E-state index contributed by atoms with van der Waals surface area (Å²) in [6.45, 7) is 2.80. The van der Waals surface area contributed by atoms with E-state index in [1.54, 1.807) is 43.2 Å². The number of carbonyl (C=O) groups is 1. The maximum Gasteiger partial charge on any atom is 0.319 e. The molecule has 3 aromatic rings. The Bertz CT molecular complexity index is 952. The maximum atomic E-state index is 12.1. The predicted octanol–water partition coefficient (Wildman–Crippen LogP) is 2.22. The van der Waals surface area contributed by atoms with Gasteiger partial charge >= 0.3 is 6.03 Å². The maximum absolute atomic E-state index is 12.1. The van der Waals surface area contributed by atoms with E-state index in [1.165, 1.54) is 6.33 Å². The lowest BCUT2D eigenvalue weighted by molar-refractivity contribution is 0.252. The summed E-state index contributed by atoms with van der Waals surface area (Å²) in [5, 5.41) is 13.0. The number of nitrogens with zero attached hydrogens (tertiary/aromatic N) is 4. The van der Waals surface area contributed by atoms with Crippen molar-refractivity contribution in [3.8, 4) is 17.3 Å². The standard InChI is InChI=1S/C19H23N7O3/c1-13-4-7-26(25-13)18-11-17(22-12-23-18)20-5-6-21-19(27)24-14-8-15(28-2)10-16(9-14)29-3/h4,7-12H,5-6H2,1-3H3,(H,20,22,23)(H2,21,24,27). The van der Waals surface area contributed by atoms with Crippen LogP contribution in [0.15, 0.2) is 42.9 Å². The Hall–Kier alpha value is -3.82. The highest BCUT2D eigenvalue weighted by Crippen LogP contribution is 2.25. The summed E-state index contributed by atoms with van der Waals surface area (Å²) in [5.41, 5.74) is 1.48. The molecule has 0 spiro atoms. The monoisotopic (exact) mass is 397 g/mol. The number of carbonyl (C=O) groups excluding carboxylic acids is 1. The lowest BCUT2D eigenvalue weighted by Crippen LogP contribution is -2.32. The molecule has 3 rings (SSSR count). The molecule has 0 radical (unpaired) electrons. The van der Waals surface area contributed by atoms with Crippen molar-refractivity contribution in [2.24, 2.45) is 0 Å². The number of aromatic nitrogens is 4. The summed E-state index contributed by atoms with van der Waals surface area (Å²) >= 11 is 0. The number of rotatable bonds is 8. The average Bonchev–Trinajstić information content (AvgIpc) is 3.17. The number of hydrogen-bond acceptors (Lipinski definition) is 7.